The molecule has 0 bridgehead atoms. The smallest absolute Gasteiger partial charge is 0.224 e. The number of aryl methyl sites for hydroxylation is 1. The van der Waals surface area contributed by atoms with Crippen molar-refractivity contribution in [2.24, 2.45) is 0 Å². The van der Waals surface area contributed by atoms with E-state index in [1.807, 2.05) is 29.4 Å². The molecule has 0 atom stereocenters. The van der Waals surface area contributed by atoms with Crippen molar-refractivity contribution in [3.63, 3.8) is 0 Å². The average molecular weight is 342 g/mol. The van der Waals surface area contributed by atoms with Crippen LogP contribution < -0.4 is 0 Å². The maximum atomic E-state index is 12.5. The number of carbonyl (C=O) groups excluding carboxylic acids is 1. The van der Waals surface area contributed by atoms with Gasteiger partial charge in [-0.2, -0.15) is 0 Å². The van der Waals surface area contributed by atoms with Crippen molar-refractivity contribution in [2.75, 3.05) is 19.6 Å². The van der Waals surface area contributed by atoms with Crippen LogP contribution in [0.2, 0.25) is 0 Å². The van der Waals surface area contributed by atoms with Crippen molar-refractivity contribution in [2.45, 2.75) is 39.3 Å². The van der Waals surface area contributed by atoms with E-state index in [4.69, 9.17) is 0 Å². The van der Waals surface area contributed by atoms with E-state index in [0.29, 0.717) is 6.42 Å². The molecule has 2 aliphatic rings. The molecule has 2 aromatic heterocycles. The summed E-state index contributed by atoms with van der Waals surface area (Å²) in [7, 11) is 0. The zero-order chi connectivity index (χ0) is 16.5. The molecule has 2 aromatic rings. The first-order chi connectivity index (χ1) is 11.7. The van der Waals surface area contributed by atoms with Gasteiger partial charge in [0.25, 0.3) is 0 Å². The summed E-state index contributed by atoms with van der Waals surface area (Å²) in [6.45, 7) is 6.21. The Hall–Kier alpha value is -1.79. The highest BCUT2D eigenvalue weighted by molar-refractivity contribution is 7.10. The standard InChI is InChI=1S/C18H22N4OS/c1-13-19-10-14-2-6-21(12-16(14)20-13)7-4-18(23)22-8-3-17-15(11-22)5-9-24-17/h5,9-10H,2-4,6-8,11-12H2,1H3. The quantitative estimate of drug-likeness (QED) is 0.858. The van der Waals surface area contributed by atoms with Crippen molar-refractivity contribution >= 4 is 17.2 Å². The summed E-state index contributed by atoms with van der Waals surface area (Å²) in [5, 5.41) is 2.13. The molecule has 4 rings (SSSR count). The van der Waals surface area contributed by atoms with Gasteiger partial charge in [-0.3, -0.25) is 9.69 Å². The number of fused-ring (bicyclic) bond motifs is 2. The fourth-order valence-corrected chi connectivity index (χ4v) is 4.41. The minimum absolute atomic E-state index is 0.275. The number of amides is 1. The van der Waals surface area contributed by atoms with Gasteiger partial charge in [-0.15, -0.1) is 11.3 Å². The molecule has 126 valence electrons. The lowest BCUT2D eigenvalue weighted by Gasteiger charge is -2.30. The zero-order valence-corrected chi connectivity index (χ0v) is 14.8. The maximum Gasteiger partial charge on any atom is 0.224 e. The molecule has 0 spiro atoms. The fourth-order valence-electron chi connectivity index (χ4n) is 3.52. The molecule has 0 aromatic carbocycles. The molecule has 4 heterocycles. The molecule has 1 amide bonds. The van der Waals surface area contributed by atoms with Crippen molar-refractivity contribution in [3.8, 4) is 0 Å². The van der Waals surface area contributed by atoms with Gasteiger partial charge >= 0.3 is 0 Å². The number of nitrogens with zero attached hydrogens (tertiary/aromatic N) is 4. The molecule has 6 heteroatoms. The van der Waals surface area contributed by atoms with Crippen molar-refractivity contribution in [1.29, 1.82) is 0 Å². The summed E-state index contributed by atoms with van der Waals surface area (Å²) >= 11 is 1.81. The molecular formula is C18H22N4OS. The van der Waals surface area contributed by atoms with Crippen LogP contribution in [0.1, 0.15) is 33.9 Å². The van der Waals surface area contributed by atoms with Gasteiger partial charge < -0.3 is 4.90 Å². The first-order valence-electron chi connectivity index (χ1n) is 8.56. The van der Waals surface area contributed by atoms with Gasteiger partial charge in [0.1, 0.15) is 5.82 Å². The predicted molar refractivity (Wildman–Crippen MR) is 93.8 cm³/mol. The third kappa shape index (κ3) is 3.21. The summed E-state index contributed by atoms with van der Waals surface area (Å²) < 4.78 is 0. The molecule has 0 N–H and O–H groups in total. The third-order valence-corrected chi connectivity index (χ3v) is 5.97. The van der Waals surface area contributed by atoms with Gasteiger partial charge in [0.2, 0.25) is 5.91 Å². The average Bonchev–Trinajstić information content (AvgIpc) is 3.06. The van der Waals surface area contributed by atoms with Gasteiger partial charge in [-0.25, -0.2) is 9.97 Å². The molecule has 0 saturated heterocycles. The predicted octanol–water partition coefficient (Wildman–Crippen LogP) is 2.18. The van der Waals surface area contributed by atoms with Gasteiger partial charge in [0.15, 0.2) is 0 Å². The van der Waals surface area contributed by atoms with Crippen LogP contribution in [0, 0.1) is 6.92 Å². The van der Waals surface area contributed by atoms with Crippen LogP contribution in [-0.4, -0.2) is 45.3 Å². The Morgan fingerprint density at radius 2 is 2.17 bits per heavy atom. The van der Waals surface area contributed by atoms with Crippen LogP contribution in [-0.2, 0) is 30.7 Å². The van der Waals surface area contributed by atoms with E-state index in [1.54, 1.807) is 0 Å². The number of carbonyl (C=O) groups is 1. The molecule has 0 radical (unpaired) electrons. The van der Waals surface area contributed by atoms with Gasteiger partial charge in [0.05, 0.1) is 5.69 Å². The van der Waals surface area contributed by atoms with E-state index in [2.05, 4.69) is 26.3 Å². The van der Waals surface area contributed by atoms with Crippen LogP contribution in [0.5, 0.6) is 0 Å². The van der Waals surface area contributed by atoms with E-state index in [9.17, 15) is 4.79 Å². The highest BCUT2D eigenvalue weighted by Gasteiger charge is 2.23. The molecule has 0 aliphatic carbocycles. The second-order valence-electron chi connectivity index (χ2n) is 6.60. The Morgan fingerprint density at radius 3 is 3.08 bits per heavy atom. The minimum Gasteiger partial charge on any atom is -0.338 e. The number of thiophene rings is 1. The third-order valence-electron chi connectivity index (χ3n) is 4.95. The highest BCUT2D eigenvalue weighted by atomic mass is 32.1. The first kappa shape index (κ1) is 15.7. The van der Waals surface area contributed by atoms with E-state index in [1.165, 1.54) is 16.0 Å². The molecular weight excluding hydrogens is 320 g/mol. The maximum absolute atomic E-state index is 12.5. The number of hydrogen-bond donors (Lipinski definition) is 0. The normalized spacial score (nSPS) is 17.5. The Kier molecular flexibility index (Phi) is 4.33. The van der Waals surface area contributed by atoms with Crippen LogP contribution in [0.4, 0.5) is 0 Å². The van der Waals surface area contributed by atoms with Crippen LogP contribution >= 0.6 is 11.3 Å². The summed E-state index contributed by atoms with van der Waals surface area (Å²) in [5.74, 6) is 1.10. The Balaban J connectivity index is 1.32. The monoisotopic (exact) mass is 342 g/mol. The second-order valence-corrected chi connectivity index (χ2v) is 7.60. The van der Waals surface area contributed by atoms with Gasteiger partial charge in [0, 0.05) is 50.2 Å². The van der Waals surface area contributed by atoms with E-state index in [-0.39, 0.29) is 5.91 Å². The Morgan fingerprint density at radius 1 is 1.25 bits per heavy atom. The van der Waals surface area contributed by atoms with Crippen LogP contribution in [0.25, 0.3) is 0 Å². The summed E-state index contributed by atoms with van der Waals surface area (Å²) in [5.41, 5.74) is 3.71. The van der Waals surface area contributed by atoms with E-state index >= 15 is 0 Å². The summed E-state index contributed by atoms with van der Waals surface area (Å²) in [4.78, 5) is 27.2. The van der Waals surface area contributed by atoms with E-state index < -0.39 is 0 Å². The topological polar surface area (TPSA) is 49.3 Å². The van der Waals surface area contributed by atoms with Crippen molar-refractivity contribution < 1.29 is 4.79 Å². The summed E-state index contributed by atoms with van der Waals surface area (Å²) in [6.07, 6.45) is 4.53. The Bertz CT molecular complexity index is 757. The lowest BCUT2D eigenvalue weighted by atomic mass is 10.1. The largest absolute Gasteiger partial charge is 0.338 e. The van der Waals surface area contributed by atoms with Crippen molar-refractivity contribution in [3.05, 3.63) is 45.2 Å². The highest BCUT2D eigenvalue weighted by Crippen LogP contribution is 2.24. The molecule has 5 nitrogen and oxygen atoms in total. The lowest BCUT2D eigenvalue weighted by Crippen LogP contribution is -2.39. The van der Waals surface area contributed by atoms with Crippen LogP contribution in [0.15, 0.2) is 17.6 Å². The Labute approximate surface area is 146 Å². The summed E-state index contributed by atoms with van der Waals surface area (Å²) in [6, 6.07) is 2.16. The number of rotatable bonds is 3. The van der Waals surface area contributed by atoms with Gasteiger partial charge in [-0.05, 0) is 42.3 Å². The zero-order valence-electron chi connectivity index (χ0n) is 14.0. The molecule has 24 heavy (non-hydrogen) atoms. The molecule has 0 fully saturated rings. The lowest BCUT2D eigenvalue weighted by molar-refractivity contribution is -0.132. The SMILES string of the molecule is Cc1ncc2c(n1)CN(CCC(=O)N1CCc3sccc3C1)CC2. The minimum atomic E-state index is 0.275. The van der Waals surface area contributed by atoms with E-state index in [0.717, 1.165) is 57.1 Å². The molecule has 2 aliphatic heterocycles. The number of hydrogen-bond acceptors (Lipinski definition) is 5. The molecule has 0 unspecified atom stereocenters. The number of aromatic nitrogens is 2. The first-order valence-corrected chi connectivity index (χ1v) is 9.44. The van der Waals surface area contributed by atoms with Gasteiger partial charge in [-0.1, -0.05) is 0 Å². The molecule has 0 saturated carbocycles. The fraction of sp³-hybridized carbons (Fsp3) is 0.500. The van der Waals surface area contributed by atoms with Crippen LogP contribution in [0.3, 0.4) is 0 Å². The second kappa shape index (κ2) is 6.61. The van der Waals surface area contributed by atoms with Crippen molar-refractivity contribution in [1.82, 2.24) is 19.8 Å².